The number of halogens is 1. The summed E-state index contributed by atoms with van der Waals surface area (Å²) in [6.07, 6.45) is 4.84. The molecule has 0 aliphatic carbocycles. The minimum absolute atomic E-state index is 0. The van der Waals surface area contributed by atoms with E-state index in [0.717, 1.165) is 51.6 Å². The standard InChI is InChI=1S/C16H34N4O.HI/c1-4-17-16(18-10-6-7-12-21-5-2)19-13-15-9-8-11-20(3)14-15;/h15H,4-14H2,1-3H3,(H2,17,18,19);1H. The first-order valence-electron chi connectivity index (χ1n) is 8.54. The first-order valence-corrected chi connectivity index (χ1v) is 8.54. The predicted molar refractivity (Wildman–Crippen MR) is 105 cm³/mol. The van der Waals surface area contributed by atoms with Crippen molar-refractivity contribution in [1.82, 2.24) is 15.5 Å². The molecule has 1 unspecified atom stereocenters. The molecule has 0 saturated carbocycles. The third kappa shape index (κ3) is 10.6. The van der Waals surface area contributed by atoms with Gasteiger partial charge >= 0.3 is 0 Å². The van der Waals surface area contributed by atoms with Gasteiger partial charge in [-0.15, -0.1) is 24.0 Å². The Hall–Kier alpha value is -0.0800. The summed E-state index contributed by atoms with van der Waals surface area (Å²) in [6.45, 7) is 11.0. The van der Waals surface area contributed by atoms with Crippen LogP contribution in [0.4, 0.5) is 0 Å². The summed E-state index contributed by atoms with van der Waals surface area (Å²) in [6, 6.07) is 0. The highest BCUT2D eigenvalue weighted by Crippen LogP contribution is 2.14. The molecule has 2 N–H and O–H groups in total. The van der Waals surface area contributed by atoms with Gasteiger partial charge in [0.05, 0.1) is 0 Å². The van der Waals surface area contributed by atoms with E-state index in [9.17, 15) is 0 Å². The van der Waals surface area contributed by atoms with Crippen LogP contribution in [-0.2, 0) is 4.74 Å². The third-order valence-corrected chi connectivity index (χ3v) is 3.79. The molecule has 0 spiro atoms. The minimum Gasteiger partial charge on any atom is -0.382 e. The number of guanidine groups is 1. The molecule has 1 aliphatic heterocycles. The van der Waals surface area contributed by atoms with E-state index in [1.54, 1.807) is 0 Å². The second-order valence-electron chi connectivity index (χ2n) is 5.82. The molecule has 0 amide bonds. The zero-order valence-electron chi connectivity index (χ0n) is 14.6. The van der Waals surface area contributed by atoms with Crippen LogP contribution in [0, 0.1) is 5.92 Å². The first kappa shape index (κ1) is 21.9. The van der Waals surface area contributed by atoms with Crippen molar-refractivity contribution in [2.24, 2.45) is 10.9 Å². The Balaban J connectivity index is 0.00000441. The SMILES string of the molecule is CCNC(=NCC1CCCN(C)C1)NCCCCOCC.I. The maximum atomic E-state index is 5.35. The van der Waals surface area contributed by atoms with Crippen LogP contribution in [0.25, 0.3) is 0 Å². The topological polar surface area (TPSA) is 48.9 Å². The summed E-state index contributed by atoms with van der Waals surface area (Å²) in [5, 5.41) is 6.75. The Morgan fingerprint density at radius 1 is 1.27 bits per heavy atom. The van der Waals surface area contributed by atoms with Crippen LogP contribution >= 0.6 is 24.0 Å². The zero-order valence-corrected chi connectivity index (χ0v) is 16.9. The van der Waals surface area contributed by atoms with Crippen molar-refractivity contribution in [1.29, 1.82) is 0 Å². The van der Waals surface area contributed by atoms with Gasteiger partial charge in [0, 0.05) is 39.4 Å². The summed E-state index contributed by atoms with van der Waals surface area (Å²) >= 11 is 0. The van der Waals surface area contributed by atoms with E-state index in [4.69, 9.17) is 9.73 Å². The number of unbranched alkanes of at least 4 members (excludes halogenated alkanes) is 1. The highest BCUT2D eigenvalue weighted by molar-refractivity contribution is 14.0. The summed E-state index contributed by atoms with van der Waals surface area (Å²) in [7, 11) is 2.21. The predicted octanol–water partition coefficient (Wildman–Crippen LogP) is 2.32. The van der Waals surface area contributed by atoms with Crippen LogP contribution in [-0.4, -0.2) is 63.8 Å². The number of hydrogen-bond donors (Lipinski definition) is 2. The molecular weight excluding hydrogens is 391 g/mol. The van der Waals surface area contributed by atoms with Crippen molar-refractivity contribution in [3.63, 3.8) is 0 Å². The highest BCUT2D eigenvalue weighted by atomic mass is 127. The molecule has 0 aromatic rings. The van der Waals surface area contributed by atoms with E-state index in [1.165, 1.54) is 25.9 Å². The van der Waals surface area contributed by atoms with Gasteiger partial charge in [-0.05, 0) is 59.0 Å². The van der Waals surface area contributed by atoms with Crippen molar-refractivity contribution in [2.75, 3.05) is 53.0 Å². The highest BCUT2D eigenvalue weighted by Gasteiger charge is 2.16. The molecule has 1 fully saturated rings. The fourth-order valence-corrected chi connectivity index (χ4v) is 2.66. The first-order chi connectivity index (χ1) is 10.3. The molecule has 1 rings (SSSR count). The Morgan fingerprint density at radius 3 is 2.77 bits per heavy atom. The van der Waals surface area contributed by atoms with Crippen LogP contribution in [0.1, 0.15) is 39.5 Å². The largest absolute Gasteiger partial charge is 0.382 e. The van der Waals surface area contributed by atoms with E-state index in [-0.39, 0.29) is 24.0 Å². The molecular formula is C16H35IN4O. The minimum atomic E-state index is 0. The quantitative estimate of drug-likeness (QED) is 0.257. The number of hydrogen-bond acceptors (Lipinski definition) is 3. The Labute approximate surface area is 153 Å². The van der Waals surface area contributed by atoms with Crippen LogP contribution in [0.3, 0.4) is 0 Å². The summed E-state index contributed by atoms with van der Waals surface area (Å²) in [5.41, 5.74) is 0. The van der Waals surface area contributed by atoms with Gasteiger partial charge < -0.3 is 20.3 Å². The monoisotopic (exact) mass is 426 g/mol. The van der Waals surface area contributed by atoms with Crippen molar-refractivity contribution in [2.45, 2.75) is 39.5 Å². The fourth-order valence-electron chi connectivity index (χ4n) is 2.66. The Morgan fingerprint density at radius 2 is 2.09 bits per heavy atom. The zero-order chi connectivity index (χ0) is 15.3. The molecule has 1 atom stereocenters. The number of piperidine rings is 1. The summed E-state index contributed by atoms with van der Waals surface area (Å²) < 4.78 is 5.35. The number of rotatable bonds is 9. The van der Waals surface area contributed by atoms with E-state index in [1.807, 2.05) is 6.92 Å². The Bertz CT molecular complexity index is 289. The average molecular weight is 426 g/mol. The second kappa shape index (κ2) is 14.5. The Kier molecular flexibility index (Phi) is 14.5. The van der Waals surface area contributed by atoms with E-state index in [0.29, 0.717) is 5.92 Å². The molecule has 5 nitrogen and oxygen atoms in total. The van der Waals surface area contributed by atoms with Crippen LogP contribution in [0.5, 0.6) is 0 Å². The van der Waals surface area contributed by atoms with Gasteiger partial charge in [-0.3, -0.25) is 4.99 Å². The number of nitrogens with zero attached hydrogens (tertiary/aromatic N) is 2. The maximum Gasteiger partial charge on any atom is 0.191 e. The lowest BCUT2D eigenvalue weighted by Gasteiger charge is -2.28. The number of aliphatic imine (C=N–C) groups is 1. The number of likely N-dealkylation sites (tertiary alicyclic amines) is 1. The van der Waals surface area contributed by atoms with Gasteiger partial charge in [0.15, 0.2) is 5.96 Å². The van der Waals surface area contributed by atoms with Crippen molar-refractivity contribution in [3.8, 4) is 0 Å². The molecule has 6 heteroatoms. The van der Waals surface area contributed by atoms with Crippen molar-refractivity contribution < 1.29 is 4.74 Å². The van der Waals surface area contributed by atoms with Gasteiger partial charge in [-0.25, -0.2) is 0 Å². The smallest absolute Gasteiger partial charge is 0.191 e. The molecule has 22 heavy (non-hydrogen) atoms. The molecule has 1 aliphatic rings. The molecule has 0 bridgehead atoms. The lowest BCUT2D eigenvalue weighted by molar-refractivity contribution is 0.143. The maximum absolute atomic E-state index is 5.35. The summed E-state index contributed by atoms with van der Waals surface area (Å²) in [4.78, 5) is 7.16. The van der Waals surface area contributed by atoms with E-state index in [2.05, 4.69) is 29.5 Å². The van der Waals surface area contributed by atoms with Gasteiger partial charge in [0.1, 0.15) is 0 Å². The van der Waals surface area contributed by atoms with Crippen LogP contribution in [0.15, 0.2) is 4.99 Å². The lowest BCUT2D eigenvalue weighted by Crippen LogP contribution is -2.39. The molecule has 0 aromatic carbocycles. The second-order valence-corrected chi connectivity index (χ2v) is 5.82. The van der Waals surface area contributed by atoms with Gasteiger partial charge in [-0.2, -0.15) is 0 Å². The van der Waals surface area contributed by atoms with Crippen LogP contribution in [0.2, 0.25) is 0 Å². The number of nitrogens with one attached hydrogen (secondary N) is 2. The van der Waals surface area contributed by atoms with Crippen LogP contribution < -0.4 is 10.6 Å². The lowest BCUT2D eigenvalue weighted by atomic mass is 9.99. The molecule has 1 saturated heterocycles. The summed E-state index contributed by atoms with van der Waals surface area (Å²) in [5.74, 6) is 1.67. The molecule has 0 radical (unpaired) electrons. The van der Waals surface area contributed by atoms with Crippen molar-refractivity contribution >= 4 is 29.9 Å². The third-order valence-electron chi connectivity index (χ3n) is 3.79. The van der Waals surface area contributed by atoms with E-state index >= 15 is 0 Å². The fraction of sp³-hybridized carbons (Fsp3) is 0.938. The van der Waals surface area contributed by atoms with E-state index < -0.39 is 0 Å². The average Bonchev–Trinajstić information content (AvgIpc) is 2.48. The van der Waals surface area contributed by atoms with Gasteiger partial charge in [-0.1, -0.05) is 0 Å². The normalized spacial score (nSPS) is 19.6. The molecule has 0 aromatic heterocycles. The van der Waals surface area contributed by atoms with Crippen molar-refractivity contribution in [3.05, 3.63) is 0 Å². The molecule has 1 heterocycles. The van der Waals surface area contributed by atoms with Gasteiger partial charge in [0.2, 0.25) is 0 Å². The molecule has 132 valence electrons. The van der Waals surface area contributed by atoms with Gasteiger partial charge in [0.25, 0.3) is 0 Å². The number of ether oxygens (including phenoxy) is 1.